The lowest BCUT2D eigenvalue weighted by molar-refractivity contribution is -0.124. The Balaban J connectivity index is 1.71. The van der Waals surface area contributed by atoms with Crippen molar-refractivity contribution >= 4 is 11.6 Å². The van der Waals surface area contributed by atoms with Gasteiger partial charge in [0.2, 0.25) is 0 Å². The van der Waals surface area contributed by atoms with Gasteiger partial charge in [0, 0.05) is 11.7 Å². The fourth-order valence-electron chi connectivity index (χ4n) is 2.39. The van der Waals surface area contributed by atoms with E-state index >= 15 is 0 Å². The number of hydrogen-bond acceptors (Lipinski definition) is 3. The molecular weight excluding hydrogens is 240 g/mol. The van der Waals surface area contributed by atoms with Gasteiger partial charge in [0.25, 0.3) is 5.91 Å². The van der Waals surface area contributed by atoms with Crippen LogP contribution in [-0.2, 0) is 4.79 Å². The molecule has 1 aromatic carbocycles. The Bertz CT molecular complexity index is 409. The predicted octanol–water partition coefficient (Wildman–Crippen LogP) is 2.34. The molecule has 0 aliphatic heterocycles. The topological polar surface area (TPSA) is 64.3 Å². The molecule has 4 heteroatoms. The number of nitrogens with one attached hydrogen (secondary N) is 1. The summed E-state index contributed by atoms with van der Waals surface area (Å²) in [5.41, 5.74) is 6.27. The maximum Gasteiger partial charge on any atom is 0.258 e. The second kappa shape index (κ2) is 6.45. The van der Waals surface area contributed by atoms with Crippen molar-refractivity contribution in [1.29, 1.82) is 0 Å². The Kier molecular flexibility index (Phi) is 4.66. The van der Waals surface area contributed by atoms with E-state index in [0.29, 0.717) is 17.5 Å². The van der Waals surface area contributed by atoms with E-state index in [1.54, 1.807) is 24.3 Å². The molecule has 1 aromatic rings. The maximum atomic E-state index is 11.8. The molecule has 4 nitrogen and oxygen atoms in total. The van der Waals surface area contributed by atoms with Gasteiger partial charge in [-0.15, -0.1) is 0 Å². The molecule has 0 saturated heterocycles. The summed E-state index contributed by atoms with van der Waals surface area (Å²) in [7, 11) is 0. The first-order valence-corrected chi connectivity index (χ1v) is 6.91. The molecule has 1 amide bonds. The molecule has 0 aromatic heterocycles. The molecule has 2 rings (SSSR count). The van der Waals surface area contributed by atoms with Crippen LogP contribution in [0.5, 0.6) is 5.75 Å². The average Bonchev–Trinajstić information content (AvgIpc) is 2.41. The van der Waals surface area contributed by atoms with Crippen molar-refractivity contribution in [1.82, 2.24) is 5.32 Å². The van der Waals surface area contributed by atoms with E-state index in [-0.39, 0.29) is 12.5 Å². The molecule has 0 atom stereocenters. The number of rotatable bonds is 4. The number of nitrogens with two attached hydrogens (primary N) is 1. The van der Waals surface area contributed by atoms with E-state index in [2.05, 4.69) is 12.2 Å². The number of anilines is 1. The molecule has 0 unspecified atom stereocenters. The van der Waals surface area contributed by atoms with Gasteiger partial charge < -0.3 is 15.8 Å². The zero-order chi connectivity index (χ0) is 13.7. The average molecular weight is 262 g/mol. The molecule has 104 valence electrons. The van der Waals surface area contributed by atoms with Gasteiger partial charge in [0.15, 0.2) is 6.61 Å². The zero-order valence-electron chi connectivity index (χ0n) is 11.4. The van der Waals surface area contributed by atoms with Crippen LogP contribution in [0, 0.1) is 5.92 Å². The largest absolute Gasteiger partial charge is 0.484 e. The number of carbonyl (C=O) groups excluding carboxylic acids is 1. The molecule has 0 bridgehead atoms. The summed E-state index contributed by atoms with van der Waals surface area (Å²) in [6.45, 7) is 2.33. The van der Waals surface area contributed by atoms with Gasteiger partial charge in [-0.3, -0.25) is 4.79 Å². The minimum atomic E-state index is -0.0450. The van der Waals surface area contributed by atoms with Crippen LogP contribution < -0.4 is 15.8 Å². The number of nitrogen functional groups attached to an aromatic ring is 1. The van der Waals surface area contributed by atoms with Crippen molar-refractivity contribution in [2.45, 2.75) is 38.6 Å². The number of hydrogen-bond donors (Lipinski definition) is 2. The standard InChI is InChI=1S/C15H22N2O2/c1-11-2-6-13(7-3-11)17-15(18)10-19-14-8-4-12(16)5-9-14/h4-5,8-9,11,13H,2-3,6-7,10,16H2,1H3,(H,17,18). The molecule has 0 spiro atoms. The Morgan fingerprint density at radius 2 is 1.89 bits per heavy atom. The highest BCUT2D eigenvalue weighted by Crippen LogP contribution is 2.23. The molecule has 3 N–H and O–H groups in total. The smallest absolute Gasteiger partial charge is 0.258 e. The van der Waals surface area contributed by atoms with Crippen molar-refractivity contribution < 1.29 is 9.53 Å². The lowest BCUT2D eigenvalue weighted by Gasteiger charge is -2.26. The van der Waals surface area contributed by atoms with E-state index in [0.717, 1.165) is 18.8 Å². The van der Waals surface area contributed by atoms with Gasteiger partial charge in [-0.2, -0.15) is 0 Å². The van der Waals surface area contributed by atoms with Crippen LogP contribution in [0.1, 0.15) is 32.6 Å². The quantitative estimate of drug-likeness (QED) is 0.819. The summed E-state index contributed by atoms with van der Waals surface area (Å²) >= 11 is 0. The molecule has 0 radical (unpaired) electrons. The van der Waals surface area contributed by atoms with Crippen molar-refractivity contribution in [2.75, 3.05) is 12.3 Å². The first kappa shape index (κ1) is 13.7. The molecule has 19 heavy (non-hydrogen) atoms. The highest BCUT2D eigenvalue weighted by Gasteiger charge is 2.19. The summed E-state index contributed by atoms with van der Waals surface area (Å²) in [5.74, 6) is 1.41. The Hall–Kier alpha value is -1.71. The fourth-order valence-corrected chi connectivity index (χ4v) is 2.39. The predicted molar refractivity (Wildman–Crippen MR) is 75.9 cm³/mol. The van der Waals surface area contributed by atoms with Crippen molar-refractivity contribution in [3.63, 3.8) is 0 Å². The highest BCUT2D eigenvalue weighted by atomic mass is 16.5. The zero-order valence-corrected chi connectivity index (χ0v) is 11.4. The lowest BCUT2D eigenvalue weighted by Crippen LogP contribution is -2.39. The van der Waals surface area contributed by atoms with Crippen molar-refractivity contribution in [3.05, 3.63) is 24.3 Å². The van der Waals surface area contributed by atoms with Crippen LogP contribution in [0.4, 0.5) is 5.69 Å². The van der Waals surface area contributed by atoms with Gasteiger partial charge in [-0.25, -0.2) is 0 Å². The molecular formula is C15H22N2O2. The van der Waals surface area contributed by atoms with Crippen LogP contribution in [0.25, 0.3) is 0 Å². The van der Waals surface area contributed by atoms with E-state index in [4.69, 9.17) is 10.5 Å². The molecule has 1 aliphatic carbocycles. The summed E-state index contributed by atoms with van der Waals surface area (Å²) < 4.78 is 5.42. The van der Waals surface area contributed by atoms with Crippen LogP contribution in [0.15, 0.2) is 24.3 Å². The third-order valence-electron chi connectivity index (χ3n) is 3.63. The normalized spacial score (nSPS) is 22.8. The van der Waals surface area contributed by atoms with Gasteiger partial charge in [0.1, 0.15) is 5.75 Å². The monoisotopic (exact) mass is 262 g/mol. The van der Waals surface area contributed by atoms with Crippen molar-refractivity contribution in [2.24, 2.45) is 5.92 Å². The maximum absolute atomic E-state index is 11.8. The van der Waals surface area contributed by atoms with E-state index in [1.807, 2.05) is 0 Å². The summed E-state index contributed by atoms with van der Waals surface area (Å²) in [4.78, 5) is 11.8. The lowest BCUT2D eigenvalue weighted by atomic mass is 9.87. The first-order chi connectivity index (χ1) is 9.13. The second-order valence-corrected chi connectivity index (χ2v) is 5.38. The van der Waals surface area contributed by atoms with E-state index < -0.39 is 0 Å². The third kappa shape index (κ3) is 4.47. The Labute approximate surface area is 114 Å². The minimum absolute atomic E-state index is 0.0450. The molecule has 1 fully saturated rings. The third-order valence-corrected chi connectivity index (χ3v) is 3.63. The number of ether oxygens (including phenoxy) is 1. The summed E-state index contributed by atoms with van der Waals surface area (Å²) in [5, 5.41) is 3.03. The van der Waals surface area contributed by atoms with Crippen molar-refractivity contribution in [3.8, 4) is 5.75 Å². The Morgan fingerprint density at radius 1 is 1.26 bits per heavy atom. The minimum Gasteiger partial charge on any atom is -0.484 e. The number of benzene rings is 1. The van der Waals surface area contributed by atoms with Crippen LogP contribution in [0.2, 0.25) is 0 Å². The molecule has 1 saturated carbocycles. The van der Waals surface area contributed by atoms with Crippen LogP contribution >= 0.6 is 0 Å². The summed E-state index contributed by atoms with van der Waals surface area (Å²) in [6.07, 6.45) is 4.55. The molecule has 1 aliphatic rings. The SMILES string of the molecule is CC1CCC(NC(=O)COc2ccc(N)cc2)CC1. The number of amides is 1. The highest BCUT2D eigenvalue weighted by molar-refractivity contribution is 5.77. The fraction of sp³-hybridized carbons (Fsp3) is 0.533. The number of carbonyl (C=O) groups is 1. The van der Waals surface area contributed by atoms with Crippen LogP contribution in [0.3, 0.4) is 0 Å². The first-order valence-electron chi connectivity index (χ1n) is 6.91. The van der Waals surface area contributed by atoms with Crippen LogP contribution in [-0.4, -0.2) is 18.6 Å². The second-order valence-electron chi connectivity index (χ2n) is 5.38. The summed E-state index contributed by atoms with van der Waals surface area (Å²) in [6, 6.07) is 7.38. The van der Waals surface area contributed by atoms with E-state index in [1.165, 1.54) is 12.8 Å². The Morgan fingerprint density at radius 3 is 2.53 bits per heavy atom. The van der Waals surface area contributed by atoms with Gasteiger partial charge in [-0.1, -0.05) is 6.92 Å². The van der Waals surface area contributed by atoms with E-state index in [9.17, 15) is 4.79 Å². The van der Waals surface area contributed by atoms with Gasteiger partial charge >= 0.3 is 0 Å². The molecule has 0 heterocycles. The van der Waals surface area contributed by atoms with Gasteiger partial charge in [-0.05, 0) is 55.9 Å². The van der Waals surface area contributed by atoms with Gasteiger partial charge in [0.05, 0.1) is 0 Å².